The monoisotopic (exact) mass is 394 g/mol. The molecule has 138 valence electrons. The minimum absolute atomic E-state index is 0.0648. The number of nitrogens with two attached hydrogens (primary N) is 1. The molecule has 0 saturated heterocycles. The van der Waals surface area contributed by atoms with Crippen LogP contribution in [-0.2, 0) is 0 Å². The summed E-state index contributed by atoms with van der Waals surface area (Å²) < 4.78 is 21.9. The first-order valence-corrected chi connectivity index (χ1v) is 8.68. The lowest BCUT2D eigenvalue weighted by Crippen LogP contribution is -2.26. The second-order valence-corrected chi connectivity index (χ2v) is 6.69. The Morgan fingerprint density at radius 3 is 2.71 bits per heavy atom. The van der Waals surface area contributed by atoms with E-state index in [1.165, 1.54) is 0 Å². The minimum atomic E-state index is -0.864. The van der Waals surface area contributed by atoms with Crippen molar-refractivity contribution in [1.82, 2.24) is 0 Å². The summed E-state index contributed by atoms with van der Waals surface area (Å²) in [5, 5.41) is 10.6. The number of benzene rings is 2. The number of nitriles is 1. The third kappa shape index (κ3) is 2.25. The summed E-state index contributed by atoms with van der Waals surface area (Å²) in [6.45, 7) is 0.0648. The van der Waals surface area contributed by atoms with Gasteiger partial charge in [0.1, 0.15) is 17.2 Å². The van der Waals surface area contributed by atoms with Gasteiger partial charge < -0.3 is 24.4 Å². The van der Waals surface area contributed by atoms with Crippen LogP contribution in [0.25, 0.3) is 11.0 Å². The zero-order valence-electron chi connectivity index (χ0n) is 14.2. The van der Waals surface area contributed by atoms with Gasteiger partial charge in [0, 0.05) is 11.1 Å². The van der Waals surface area contributed by atoms with Gasteiger partial charge in [-0.25, -0.2) is 4.79 Å². The predicted octanol–water partition coefficient (Wildman–Crippen LogP) is 3.39. The van der Waals surface area contributed by atoms with Crippen LogP contribution in [0.3, 0.4) is 0 Å². The zero-order valence-corrected chi connectivity index (χ0v) is 14.9. The Morgan fingerprint density at radius 1 is 1.18 bits per heavy atom. The molecule has 3 aromatic rings. The lowest BCUT2D eigenvalue weighted by atomic mass is 9.83. The Labute approximate surface area is 163 Å². The molecule has 28 heavy (non-hydrogen) atoms. The molecule has 0 unspecified atom stereocenters. The van der Waals surface area contributed by atoms with Crippen LogP contribution in [-0.4, -0.2) is 6.79 Å². The molecular formula is C20H11ClN2O5. The Kier molecular flexibility index (Phi) is 3.51. The van der Waals surface area contributed by atoms with Gasteiger partial charge in [-0.1, -0.05) is 23.7 Å². The number of halogens is 1. The van der Waals surface area contributed by atoms with Crippen molar-refractivity contribution in [2.45, 2.75) is 5.92 Å². The average molecular weight is 395 g/mol. The fourth-order valence-corrected chi connectivity index (χ4v) is 3.79. The highest BCUT2D eigenvalue weighted by Crippen LogP contribution is 2.48. The summed E-state index contributed by atoms with van der Waals surface area (Å²) in [5.74, 6) is 0.249. The summed E-state index contributed by atoms with van der Waals surface area (Å²) in [4.78, 5) is 12.9. The van der Waals surface area contributed by atoms with E-state index in [0.29, 0.717) is 33.1 Å². The first-order valence-electron chi connectivity index (χ1n) is 8.31. The Morgan fingerprint density at radius 2 is 1.93 bits per heavy atom. The maximum absolute atomic E-state index is 12.9. The van der Waals surface area contributed by atoms with E-state index < -0.39 is 11.5 Å². The second-order valence-electron chi connectivity index (χ2n) is 6.28. The number of fused-ring (bicyclic) bond motifs is 4. The maximum Gasteiger partial charge on any atom is 0.344 e. The van der Waals surface area contributed by atoms with Gasteiger partial charge in [0.2, 0.25) is 12.7 Å². The summed E-state index contributed by atoms with van der Waals surface area (Å²) in [6, 6.07) is 12.2. The molecule has 3 heterocycles. The molecule has 0 amide bonds. The predicted molar refractivity (Wildman–Crippen MR) is 99.4 cm³/mol. The summed E-state index contributed by atoms with van der Waals surface area (Å²) in [6.07, 6.45) is 0. The lowest BCUT2D eigenvalue weighted by molar-refractivity contribution is 0.174. The number of nitrogens with zero attached hydrogens (tertiary/aromatic N) is 1. The van der Waals surface area contributed by atoms with Gasteiger partial charge in [-0.15, -0.1) is 0 Å². The summed E-state index contributed by atoms with van der Waals surface area (Å²) >= 11 is 6.47. The molecule has 0 spiro atoms. The van der Waals surface area contributed by atoms with Crippen molar-refractivity contribution in [3.8, 4) is 23.3 Å². The molecule has 1 aromatic heterocycles. The maximum atomic E-state index is 12.9. The van der Waals surface area contributed by atoms with Crippen LogP contribution in [0.2, 0.25) is 5.02 Å². The number of allylic oxidation sites excluding steroid dienone is 1. The Balaban J connectivity index is 1.85. The topological polar surface area (TPSA) is 108 Å². The molecule has 2 aliphatic rings. The lowest BCUT2D eigenvalue weighted by Gasteiger charge is -2.26. The van der Waals surface area contributed by atoms with Crippen molar-refractivity contribution in [2.75, 3.05) is 6.79 Å². The van der Waals surface area contributed by atoms with Gasteiger partial charge in [0.05, 0.1) is 16.9 Å². The standard InChI is InChI=1S/C20H11ClN2O5/c21-12-6-15-14(25-8-26-15)5-10(12)16-11(7-22)19(23)28-18-9-3-1-2-4-13(9)27-20(24)17(16)18/h1-6,16H,8,23H2/t16-/m0/s1. The SMILES string of the molecule is N#CC1=C(N)Oc2c(c(=O)oc3ccccc23)[C@H]1c1cc2c(cc1Cl)OCO2. The third-order valence-electron chi connectivity index (χ3n) is 4.78. The fraction of sp³-hybridized carbons (Fsp3) is 0.100. The normalized spacial score (nSPS) is 17.2. The first kappa shape index (κ1) is 16.5. The minimum Gasteiger partial charge on any atom is -0.454 e. The Bertz CT molecular complexity index is 1290. The molecule has 2 aromatic carbocycles. The van der Waals surface area contributed by atoms with Gasteiger partial charge in [0.25, 0.3) is 0 Å². The van der Waals surface area contributed by atoms with Crippen molar-refractivity contribution in [3.05, 3.63) is 74.4 Å². The van der Waals surface area contributed by atoms with Crippen molar-refractivity contribution in [2.24, 2.45) is 5.73 Å². The largest absolute Gasteiger partial charge is 0.454 e. The highest BCUT2D eigenvalue weighted by molar-refractivity contribution is 6.31. The van der Waals surface area contributed by atoms with Gasteiger partial charge in [-0.05, 0) is 23.8 Å². The molecule has 0 bridgehead atoms. The quantitative estimate of drug-likeness (QED) is 0.630. The van der Waals surface area contributed by atoms with Gasteiger partial charge in [-0.2, -0.15) is 5.26 Å². The third-order valence-corrected chi connectivity index (χ3v) is 5.10. The number of para-hydroxylation sites is 1. The van der Waals surface area contributed by atoms with E-state index in [1.54, 1.807) is 36.4 Å². The smallest absolute Gasteiger partial charge is 0.344 e. The van der Waals surface area contributed by atoms with E-state index in [-0.39, 0.29) is 29.6 Å². The number of hydrogen-bond donors (Lipinski definition) is 1. The molecule has 7 nitrogen and oxygen atoms in total. The zero-order chi connectivity index (χ0) is 19.4. The van der Waals surface area contributed by atoms with Gasteiger partial charge in [-0.3, -0.25) is 0 Å². The number of ether oxygens (including phenoxy) is 3. The molecular weight excluding hydrogens is 384 g/mol. The van der Waals surface area contributed by atoms with Crippen LogP contribution >= 0.6 is 11.6 Å². The first-order chi connectivity index (χ1) is 13.6. The highest BCUT2D eigenvalue weighted by Gasteiger charge is 2.37. The molecule has 0 saturated carbocycles. The molecule has 2 N–H and O–H groups in total. The van der Waals surface area contributed by atoms with E-state index in [0.717, 1.165) is 0 Å². The van der Waals surface area contributed by atoms with E-state index >= 15 is 0 Å². The van der Waals surface area contributed by atoms with Crippen LogP contribution in [0.5, 0.6) is 17.2 Å². The molecule has 0 radical (unpaired) electrons. The van der Waals surface area contributed by atoms with Crippen LogP contribution in [0, 0.1) is 11.3 Å². The van der Waals surface area contributed by atoms with E-state index in [9.17, 15) is 10.1 Å². The van der Waals surface area contributed by atoms with Crippen molar-refractivity contribution in [3.63, 3.8) is 0 Å². The molecule has 0 aliphatic carbocycles. The second kappa shape index (κ2) is 5.94. The molecule has 0 fully saturated rings. The summed E-state index contributed by atoms with van der Waals surface area (Å²) in [7, 11) is 0. The fourth-order valence-electron chi connectivity index (χ4n) is 3.53. The molecule has 2 aliphatic heterocycles. The van der Waals surface area contributed by atoms with Gasteiger partial charge in [0.15, 0.2) is 17.2 Å². The Hall–Kier alpha value is -3.63. The molecule has 1 atom stereocenters. The van der Waals surface area contributed by atoms with Crippen LogP contribution in [0.15, 0.2) is 57.1 Å². The van der Waals surface area contributed by atoms with Gasteiger partial charge >= 0.3 is 5.63 Å². The van der Waals surface area contributed by atoms with E-state index in [1.807, 2.05) is 6.07 Å². The number of rotatable bonds is 1. The number of hydrogen-bond acceptors (Lipinski definition) is 7. The van der Waals surface area contributed by atoms with Crippen molar-refractivity contribution >= 4 is 22.6 Å². The summed E-state index contributed by atoms with van der Waals surface area (Å²) in [5.41, 5.74) is 6.46. The van der Waals surface area contributed by atoms with Crippen LogP contribution in [0.1, 0.15) is 17.0 Å². The highest BCUT2D eigenvalue weighted by atomic mass is 35.5. The van der Waals surface area contributed by atoms with E-state index in [2.05, 4.69) is 0 Å². The van der Waals surface area contributed by atoms with Crippen LogP contribution in [0.4, 0.5) is 0 Å². The molecule has 8 heteroatoms. The van der Waals surface area contributed by atoms with Crippen LogP contribution < -0.4 is 25.6 Å². The molecule has 5 rings (SSSR count). The van der Waals surface area contributed by atoms with Crippen molar-refractivity contribution in [1.29, 1.82) is 5.26 Å². The average Bonchev–Trinajstić information content (AvgIpc) is 3.13. The van der Waals surface area contributed by atoms with E-state index in [4.69, 9.17) is 36.0 Å². The van der Waals surface area contributed by atoms with Crippen molar-refractivity contribution < 1.29 is 18.6 Å².